The summed E-state index contributed by atoms with van der Waals surface area (Å²) in [4.78, 5) is 2.49. The van der Waals surface area contributed by atoms with Crippen LogP contribution in [-0.2, 0) is 13.1 Å². The number of nitrogens with zero attached hydrogens (tertiary/aromatic N) is 1. The molecule has 0 aliphatic carbocycles. The Hall–Kier alpha value is -0.900. The summed E-state index contributed by atoms with van der Waals surface area (Å²) in [6.07, 6.45) is 2.68. The minimum absolute atomic E-state index is 0.518. The molecule has 0 saturated carbocycles. The van der Waals surface area contributed by atoms with E-state index >= 15 is 0 Å². The highest BCUT2D eigenvalue weighted by Gasteiger charge is 2.11. The van der Waals surface area contributed by atoms with Crippen LogP contribution in [0.5, 0.6) is 0 Å². The van der Waals surface area contributed by atoms with Gasteiger partial charge in [-0.25, -0.2) is 5.48 Å². The summed E-state index contributed by atoms with van der Waals surface area (Å²) in [5.74, 6) is 0. The number of likely N-dealkylation sites (tertiary alicyclic amines) is 1. The molecule has 0 amide bonds. The van der Waals surface area contributed by atoms with Gasteiger partial charge in [0.25, 0.3) is 0 Å². The van der Waals surface area contributed by atoms with E-state index in [2.05, 4.69) is 34.6 Å². The number of hydrogen-bond acceptors (Lipinski definition) is 3. The van der Waals surface area contributed by atoms with Crippen LogP contribution >= 0.6 is 0 Å². The van der Waals surface area contributed by atoms with E-state index in [4.69, 9.17) is 5.21 Å². The van der Waals surface area contributed by atoms with Crippen molar-refractivity contribution in [3.8, 4) is 0 Å². The second-order valence-corrected chi connectivity index (χ2v) is 4.13. The Balaban J connectivity index is 1.91. The molecule has 0 unspecified atom stereocenters. The Morgan fingerprint density at radius 1 is 1.07 bits per heavy atom. The first-order valence-corrected chi connectivity index (χ1v) is 5.55. The van der Waals surface area contributed by atoms with Crippen LogP contribution in [0.4, 0.5) is 0 Å². The third-order valence-electron chi connectivity index (χ3n) is 2.91. The van der Waals surface area contributed by atoms with Gasteiger partial charge in [-0.3, -0.25) is 4.90 Å². The first kappa shape index (κ1) is 10.6. The van der Waals surface area contributed by atoms with Crippen LogP contribution < -0.4 is 5.48 Å². The Labute approximate surface area is 90.7 Å². The molecule has 1 aromatic rings. The molecule has 0 bridgehead atoms. The molecule has 3 nitrogen and oxygen atoms in total. The molecule has 2 rings (SSSR count). The normalized spacial score (nSPS) is 17.1. The van der Waals surface area contributed by atoms with Crippen LogP contribution in [0, 0.1) is 0 Å². The zero-order valence-electron chi connectivity index (χ0n) is 8.95. The Bertz CT molecular complexity index is 291. The van der Waals surface area contributed by atoms with Gasteiger partial charge in [0, 0.05) is 13.1 Å². The highest BCUT2D eigenvalue weighted by atomic mass is 16.5. The van der Waals surface area contributed by atoms with Gasteiger partial charge in [0.2, 0.25) is 0 Å². The van der Waals surface area contributed by atoms with Gasteiger partial charge < -0.3 is 5.21 Å². The summed E-state index contributed by atoms with van der Waals surface area (Å²) in [6.45, 7) is 4.05. The van der Waals surface area contributed by atoms with Gasteiger partial charge in [-0.1, -0.05) is 24.3 Å². The van der Waals surface area contributed by atoms with Crippen molar-refractivity contribution < 1.29 is 5.21 Å². The fraction of sp³-hybridized carbons (Fsp3) is 0.500. The predicted octanol–water partition coefficient (Wildman–Crippen LogP) is 1.76. The average molecular weight is 206 g/mol. The van der Waals surface area contributed by atoms with Gasteiger partial charge in [-0.15, -0.1) is 0 Å². The van der Waals surface area contributed by atoms with Gasteiger partial charge in [-0.05, 0) is 37.1 Å². The molecule has 1 heterocycles. The van der Waals surface area contributed by atoms with Gasteiger partial charge in [0.15, 0.2) is 0 Å². The van der Waals surface area contributed by atoms with E-state index in [-0.39, 0.29) is 0 Å². The lowest BCUT2D eigenvalue weighted by Crippen LogP contribution is -2.18. The standard InChI is InChI=1S/C12H18N2O/c15-13-9-11-3-5-12(6-4-11)10-14-7-1-2-8-14/h3-6,13,15H,1-2,7-10H2. The van der Waals surface area contributed by atoms with Gasteiger partial charge >= 0.3 is 0 Å². The summed E-state index contributed by atoms with van der Waals surface area (Å²) in [5.41, 5.74) is 4.64. The smallest absolute Gasteiger partial charge is 0.0458 e. The summed E-state index contributed by atoms with van der Waals surface area (Å²) in [5, 5.41) is 8.56. The third kappa shape index (κ3) is 3.02. The lowest BCUT2D eigenvalue weighted by atomic mass is 10.1. The quantitative estimate of drug-likeness (QED) is 0.737. The maximum atomic E-state index is 8.56. The molecule has 2 N–H and O–H groups in total. The Morgan fingerprint density at radius 3 is 2.27 bits per heavy atom. The molecule has 1 aliphatic heterocycles. The molecule has 82 valence electrons. The lowest BCUT2D eigenvalue weighted by molar-refractivity contribution is 0.161. The zero-order valence-corrected chi connectivity index (χ0v) is 8.95. The molecule has 15 heavy (non-hydrogen) atoms. The van der Waals surface area contributed by atoms with Crippen molar-refractivity contribution in [2.24, 2.45) is 0 Å². The molecule has 1 aromatic carbocycles. The first-order valence-electron chi connectivity index (χ1n) is 5.55. The maximum absolute atomic E-state index is 8.56. The molecule has 3 heteroatoms. The van der Waals surface area contributed by atoms with Crippen molar-refractivity contribution in [3.63, 3.8) is 0 Å². The van der Waals surface area contributed by atoms with Crippen LogP contribution in [0.3, 0.4) is 0 Å². The summed E-state index contributed by atoms with van der Waals surface area (Å²) in [7, 11) is 0. The van der Waals surface area contributed by atoms with E-state index in [1.54, 1.807) is 0 Å². The zero-order chi connectivity index (χ0) is 10.5. The van der Waals surface area contributed by atoms with Gasteiger partial charge in [-0.2, -0.15) is 0 Å². The van der Waals surface area contributed by atoms with Crippen LogP contribution in [0.25, 0.3) is 0 Å². The average Bonchev–Trinajstić information content (AvgIpc) is 2.74. The molecular weight excluding hydrogens is 188 g/mol. The minimum atomic E-state index is 0.518. The van der Waals surface area contributed by atoms with E-state index in [1.807, 2.05) is 0 Å². The Morgan fingerprint density at radius 2 is 1.67 bits per heavy atom. The van der Waals surface area contributed by atoms with E-state index in [9.17, 15) is 0 Å². The van der Waals surface area contributed by atoms with E-state index in [1.165, 1.54) is 31.5 Å². The van der Waals surface area contributed by atoms with Crippen LogP contribution in [0.1, 0.15) is 24.0 Å². The minimum Gasteiger partial charge on any atom is -0.316 e. The second kappa shape index (κ2) is 5.26. The van der Waals surface area contributed by atoms with Crippen molar-refractivity contribution in [1.29, 1.82) is 0 Å². The van der Waals surface area contributed by atoms with E-state index < -0.39 is 0 Å². The first-order chi connectivity index (χ1) is 7.38. The fourth-order valence-corrected chi connectivity index (χ4v) is 2.05. The number of benzene rings is 1. The van der Waals surface area contributed by atoms with E-state index in [0.29, 0.717) is 6.54 Å². The molecule has 0 spiro atoms. The van der Waals surface area contributed by atoms with Crippen LogP contribution in [0.2, 0.25) is 0 Å². The molecule has 1 aliphatic rings. The number of hydrogen-bond donors (Lipinski definition) is 2. The Kier molecular flexibility index (Phi) is 3.72. The maximum Gasteiger partial charge on any atom is 0.0458 e. The van der Waals surface area contributed by atoms with Crippen LogP contribution in [-0.4, -0.2) is 23.2 Å². The molecule has 1 saturated heterocycles. The number of rotatable bonds is 4. The summed E-state index contributed by atoms with van der Waals surface area (Å²) in [6, 6.07) is 8.42. The SMILES string of the molecule is ONCc1ccc(CN2CCCC2)cc1. The van der Waals surface area contributed by atoms with Crippen molar-refractivity contribution in [2.45, 2.75) is 25.9 Å². The number of hydroxylamine groups is 1. The molecule has 0 aromatic heterocycles. The van der Waals surface area contributed by atoms with Crippen molar-refractivity contribution in [3.05, 3.63) is 35.4 Å². The van der Waals surface area contributed by atoms with Crippen molar-refractivity contribution in [2.75, 3.05) is 13.1 Å². The molecule has 0 radical (unpaired) electrons. The third-order valence-corrected chi connectivity index (χ3v) is 2.91. The van der Waals surface area contributed by atoms with Crippen molar-refractivity contribution >= 4 is 0 Å². The number of nitrogens with one attached hydrogen (secondary N) is 1. The summed E-state index contributed by atoms with van der Waals surface area (Å²) >= 11 is 0. The van der Waals surface area contributed by atoms with Crippen LogP contribution in [0.15, 0.2) is 24.3 Å². The lowest BCUT2D eigenvalue weighted by Gasteiger charge is -2.14. The summed E-state index contributed by atoms with van der Waals surface area (Å²) < 4.78 is 0. The highest BCUT2D eigenvalue weighted by molar-refractivity contribution is 5.22. The van der Waals surface area contributed by atoms with Crippen molar-refractivity contribution in [1.82, 2.24) is 10.4 Å². The molecule has 1 fully saturated rings. The fourth-order valence-electron chi connectivity index (χ4n) is 2.05. The topological polar surface area (TPSA) is 35.5 Å². The predicted molar refractivity (Wildman–Crippen MR) is 59.6 cm³/mol. The largest absolute Gasteiger partial charge is 0.316 e. The van der Waals surface area contributed by atoms with E-state index in [0.717, 1.165) is 12.1 Å². The highest BCUT2D eigenvalue weighted by Crippen LogP contribution is 2.13. The van der Waals surface area contributed by atoms with Gasteiger partial charge in [0.05, 0.1) is 0 Å². The monoisotopic (exact) mass is 206 g/mol. The molecular formula is C12H18N2O. The second-order valence-electron chi connectivity index (χ2n) is 4.13. The molecule has 0 atom stereocenters. The van der Waals surface area contributed by atoms with Gasteiger partial charge in [0.1, 0.15) is 0 Å².